The molecule has 2 heterocycles. The summed E-state index contributed by atoms with van der Waals surface area (Å²) in [5.41, 5.74) is 1.28. The van der Waals surface area contributed by atoms with Gasteiger partial charge in [-0.2, -0.15) is 0 Å². The van der Waals surface area contributed by atoms with Gasteiger partial charge in [0.2, 0.25) is 0 Å². The molecule has 3 rings (SSSR count). The molecule has 2 aliphatic rings. The zero-order valence-electron chi connectivity index (χ0n) is 12.7. The monoisotopic (exact) mass is 291 g/mol. The van der Waals surface area contributed by atoms with Crippen molar-refractivity contribution in [1.82, 2.24) is 4.90 Å². The first kappa shape index (κ1) is 14.7. The Bertz CT molecular complexity index is 444. The minimum Gasteiger partial charge on any atom is -0.494 e. The van der Waals surface area contributed by atoms with Crippen LogP contribution in [0.25, 0.3) is 0 Å². The maximum absolute atomic E-state index is 5.86. The quantitative estimate of drug-likeness (QED) is 0.754. The predicted molar refractivity (Wildman–Crippen MR) is 82.2 cm³/mol. The molecule has 0 aliphatic carbocycles. The lowest BCUT2D eigenvalue weighted by atomic mass is 10.1. The number of morpholine rings is 1. The van der Waals surface area contributed by atoms with Crippen molar-refractivity contribution >= 4 is 0 Å². The molecule has 0 radical (unpaired) electrons. The second kappa shape index (κ2) is 7.66. The summed E-state index contributed by atoms with van der Waals surface area (Å²) < 4.78 is 16.8. The van der Waals surface area contributed by atoms with E-state index in [1.54, 1.807) is 0 Å². The molecule has 1 aromatic carbocycles. The number of rotatable bonds is 6. The van der Waals surface area contributed by atoms with Gasteiger partial charge in [-0.3, -0.25) is 4.90 Å². The second-order valence-electron chi connectivity index (χ2n) is 5.73. The van der Waals surface area contributed by atoms with Crippen molar-refractivity contribution in [3.63, 3.8) is 0 Å². The second-order valence-corrected chi connectivity index (χ2v) is 5.73. The summed E-state index contributed by atoms with van der Waals surface area (Å²) >= 11 is 0. The van der Waals surface area contributed by atoms with Crippen LogP contribution in [-0.4, -0.2) is 51.0 Å². The first-order valence-electron chi connectivity index (χ1n) is 8.10. The van der Waals surface area contributed by atoms with Gasteiger partial charge in [0, 0.05) is 13.1 Å². The van der Waals surface area contributed by atoms with Crippen molar-refractivity contribution in [3.05, 3.63) is 23.8 Å². The van der Waals surface area contributed by atoms with Gasteiger partial charge in [0.05, 0.1) is 26.4 Å². The topological polar surface area (TPSA) is 30.9 Å². The van der Waals surface area contributed by atoms with E-state index in [-0.39, 0.29) is 0 Å². The number of nitrogens with zero attached hydrogens (tertiary/aromatic N) is 1. The van der Waals surface area contributed by atoms with Crippen LogP contribution in [-0.2, 0) is 11.2 Å². The molecule has 4 nitrogen and oxygen atoms in total. The summed E-state index contributed by atoms with van der Waals surface area (Å²) in [6, 6.07) is 6.19. The van der Waals surface area contributed by atoms with Gasteiger partial charge in [0.1, 0.15) is 11.5 Å². The van der Waals surface area contributed by atoms with Gasteiger partial charge in [-0.15, -0.1) is 0 Å². The molecule has 0 atom stereocenters. The van der Waals surface area contributed by atoms with E-state index in [1.165, 1.54) is 12.0 Å². The van der Waals surface area contributed by atoms with E-state index in [4.69, 9.17) is 14.2 Å². The normalized spacial score (nSPS) is 18.9. The molecule has 0 N–H and O–H groups in total. The van der Waals surface area contributed by atoms with Crippen LogP contribution in [0.15, 0.2) is 18.2 Å². The summed E-state index contributed by atoms with van der Waals surface area (Å²) in [6.45, 7) is 6.71. The first-order chi connectivity index (χ1) is 10.4. The van der Waals surface area contributed by atoms with Gasteiger partial charge < -0.3 is 14.2 Å². The summed E-state index contributed by atoms with van der Waals surface area (Å²) in [5, 5.41) is 0. The van der Waals surface area contributed by atoms with Gasteiger partial charge >= 0.3 is 0 Å². The highest BCUT2D eigenvalue weighted by molar-refractivity contribution is 5.41. The fourth-order valence-corrected chi connectivity index (χ4v) is 2.88. The van der Waals surface area contributed by atoms with E-state index < -0.39 is 0 Å². The molecule has 1 saturated heterocycles. The van der Waals surface area contributed by atoms with Gasteiger partial charge in [-0.25, -0.2) is 0 Å². The van der Waals surface area contributed by atoms with Crippen LogP contribution >= 0.6 is 0 Å². The van der Waals surface area contributed by atoms with Crippen molar-refractivity contribution in [1.29, 1.82) is 0 Å². The number of hydrogen-bond donors (Lipinski definition) is 0. The molecular weight excluding hydrogens is 266 g/mol. The fraction of sp³-hybridized carbons (Fsp3) is 0.647. The number of benzene rings is 1. The molecule has 21 heavy (non-hydrogen) atoms. The van der Waals surface area contributed by atoms with E-state index in [0.717, 1.165) is 76.8 Å². The molecule has 0 amide bonds. The van der Waals surface area contributed by atoms with Crippen LogP contribution in [0.4, 0.5) is 0 Å². The highest BCUT2D eigenvalue weighted by atomic mass is 16.5. The summed E-state index contributed by atoms with van der Waals surface area (Å²) in [7, 11) is 0. The van der Waals surface area contributed by atoms with Gasteiger partial charge in [-0.1, -0.05) is 0 Å². The van der Waals surface area contributed by atoms with E-state index in [0.29, 0.717) is 0 Å². The largest absolute Gasteiger partial charge is 0.494 e. The Balaban J connectivity index is 1.35. The number of aryl methyl sites for hydroxylation is 1. The Morgan fingerprint density at radius 2 is 2.00 bits per heavy atom. The Morgan fingerprint density at radius 3 is 2.90 bits per heavy atom. The van der Waals surface area contributed by atoms with E-state index in [9.17, 15) is 0 Å². The van der Waals surface area contributed by atoms with Crippen LogP contribution in [0.1, 0.15) is 24.8 Å². The zero-order valence-corrected chi connectivity index (χ0v) is 12.7. The minimum absolute atomic E-state index is 0.796. The Morgan fingerprint density at radius 1 is 1.10 bits per heavy atom. The summed E-state index contributed by atoms with van der Waals surface area (Å²) in [5.74, 6) is 2.01. The van der Waals surface area contributed by atoms with Crippen LogP contribution in [0, 0.1) is 0 Å². The van der Waals surface area contributed by atoms with Crippen molar-refractivity contribution < 1.29 is 14.2 Å². The number of unbranched alkanes of at least 4 members (excludes halogenated alkanes) is 1. The predicted octanol–water partition coefficient (Wildman–Crippen LogP) is 2.50. The maximum atomic E-state index is 5.86. The molecule has 0 aromatic heterocycles. The minimum atomic E-state index is 0.796. The average Bonchev–Trinajstić information content (AvgIpc) is 2.55. The first-order valence-corrected chi connectivity index (χ1v) is 8.10. The van der Waals surface area contributed by atoms with E-state index >= 15 is 0 Å². The third-order valence-electron chi connectivity index (χ3n) is 4.12. The third kappa shape index (κ3) is 4.35. The highest BCUT2D eigenvalue weighted by Crippen LogP contribution is 2.28. The smallest absolute Gasteiger partial charge is 0.122 e. The molecule has 0 saturated carbocycles. The molecule has 2 aliphatic heterocycles. The fourth-order valence-electron chi connectivity index (χ4n) is 2.88. The molecule has 1 fully saturated rings. The molecule has 4 heteroatoms. The van der Waals surface area contributed by atoms with Crippen LogP contribution in [0.3, 0.4) is 0 Å². The Kier molecular flexibility index (Phi) is 5.35. The molecule has 0 unspecified atom stereocenters. The number of hydrogen-bond acceptors (Lipinski definition) is 4. The number of ether oxygens (including phenoxy) is 3. The van der Waals surface area contributed by atoms with Crippen molar-refractivity contribution in [2.24, 2.45) is 0 Å². The lowest BCUT2D eigenvalue weighted by Gasteiger charge is -2.26. The van der Waals surface area contributed by atoms with E-state index in [2.05, 4.69) is 11.0 Å². The standard InChI is InChI=1S/C17H25NO3/c1(7-18-8-12-19-13-9-18)2-10-20-16-5-6-17-15(14-16)4-3-11-21-17/h5-6,14H,1-4,7-13H2. The van der Waals surface area contributed by atoms with Gasteiger partial charge in [0.15, 0.2) is 0 Å². The number of fused-ring (bicyclic) bond motifs is 1. The third-order valence-corrected chi connectivity index (χ3v) is 4.12. The van der Waals surface area contributed by atoms with Crippen LogP contribution < -0.4 is 9.47 Å². The molecule has 116 valence electrons. The van der Waals surface area contributed by atoms with Gasteiger partial charge in [0.25, 0.3) is 0 Å². The lowest BCUT2D eigenvalue weighted by Crippen LogP contribution is -2.36. The van der Waals surface area contributed by atoms with E-state index in [1.807, 2.05) is 12.1 Å². The van der Waals surface area contributed by atoms with Crippen LogP contribution in [0.2, 0.25) is 0 Å². The van der Waals surface area contributed by atoms with Crippen molar-refractivity contribution in [2.45, 2.75) is 25.7 Å². The molecule has 0 bridgehead atoms. The SMILES string of the molecule is c1cc2c(cc1OCCCCN1CCOCC1)CCCO2. The van der Waals surface area contributed by atoms with Crippen molar-refractivity contribution in [2.75, 3.05) is 46.1 Å². The summed E-state index contributed by atoms with van der Waals surface area (Å²) in [6.07, 6.45) is 4.50. The van der Waals surface area contributed by atoms with Crippen molar-refractivity contribution in [3.8, 4) is 11.5 Å². The zero-order chi connectivity index (χ0) is 14.3. The Hall–Kier alpha value is -1.26. The maximum Gasteiger partial charge on any atom is 0.122 e. The van der Waals surface area contributed by atoms with Gasteiger partial charge in [-0.05, 0) is 56.0 Å². The Labute approximate surface area is 127 Å². The van der Waals surface area contributed by atoms with Crippen LogP contribution in [0.5, 0.6) is 11.5 Å². The molecule has 0 spiro atoms. The average molecular weight is 291 g/mol. The highest BCUT2D eigenvalue weighted by Gasteiger charge is 2.11. The molecular formula is C17H25NO3. The molecule has 1 aromatic rings. The summed E-state index contributed by atoms with van der Waals surface area (Å²) in [4.78, 5) is 2.47. The lowest BCUT2D eigenvalue weighted by molar-refractivity contribution is 0.0368.